The fraction of sp³-hybridized carbons (Fsp3) is 0.571. The van der Waals surface area contributed by atoms with Crippen molar-refractivity contribution in [3.05, 3.63) is 29.8 Å². The summed E-state index contributed by atoms with van der Waals surface area (Å²) in [6.45, 7) is 4.25. The third kappa shape index (κ3) is 4.10. The second kappa shape index (κ2) is 7.54. The fourth-order valence-electron chi connectivity index (χ4n) is 1.41. The molecule has 0 aliphatic heterocycles. The van der Waals surface area contributed by atoms with Crippen LogP contribution in [0.25, 0.3) is 0 Å². The Morgan fingerprint density at radius 1 is 1.11 bits per heavy atom. The van der Waals surface area contributed by atoms with E-state index in [9.17, 15) is 8.42 Å². The fourth-order valence-corrected chi connectivity index (χ4v) is 2.32. The van der Waals surface area contributed by atoms with Gasteiger partial charge in [-0.2, -0.15) is 0 Å². The summed E-state index contributed by atoms with van der Waals surface area (Å²) in [7, 11) is -0.214. The Kier molecular flexibility index (Phi) is 8.16. The monoisotopic (exact) mass is 273 g/mol. The van der Waals surface area contributed by atoms with Crippen LogP contribution >= 0.6 is 0 Å². The standard InChI is InChI=1S/C12H19NO2S.2CH4/c1-5-10(2)11-6-8-12(9-7-11)16(14,15)13(3)4;;/h6-10H,5H2,1-4H3;2*1H4. The molecule has 18 heavy (non-hydrogen) atoms. The molecule has 106 valence electrons. The second-order valence-electron chi connectivity index (χ2n) is 4.17. The molecule has 1 aromatic carbocycles. The molecule has 0 aliphatic rings. The number of benzene rings is 1. The van der Waals surface area contributed by atoms with Gasteiger partial charge in [0.15, 0.2) is 0 Å². The quantitative estimate of drug-likeness (QED) is 0.838. The van der Waals surface area contributed by atoms with Crippen molar-refractivity contribution < 1.29 is 8.42 Å². The highest BCUT2D eigenvalue weighted by Gasteiger charge is 2.16. The van der Waals surface area contributed by atoms with Gasteiger partial charge in [0, 0.05) is 14.1 Å². The third-order valence-corrected chi connectivity index (χ3v) is 4.67. The molecule has 3 nitrogen and oxygen atoms in total. The summed E-state index contributed by atoms with van der Waals surface area (Å²) in [5, 5.41) is 0. The van der Waals surface area contributed by atoms with Gasteiger partial charge in [0.1, 0.15) is 0 Å². The van der Waals surface area contributed by atoms with E-state index in [-0.39, 0.29) is 14.9 Å². The molecule has 0 N–H and O–H groups in total. The number of rotatable bonds is 4. The molecule has 0 amide bonds. The Balaban J connectivity index is 0. The van der Waals surface area contributed by atoms with E-state index in [1.54, 1.807) is 12.1 Å². The number of sulfonamides is 1. The van der Waals surface area contributed by atoms with Crippen molar-refractivity contribution in [3.8, 4) is 0 Å². The van der Waals surface area contributed by atoms with Crippen molar-refractivity contribution in [1.82, 2.24) is 4.31 Å². The van der Waals surface area contributed by atoms with Crippen molar-refractivity contribution >= 4 is 10.0 Å². The Labute approximate surface area is 113 Å². The van der Waals surface area contributed by atoms with Gasteiger partial charge in [-0.15, -0.1) is 0 Å². The number of hydrogen-bond acceptors (Lipinski definition) is 2. The molecule has 0 aromatic heterocycles. The van der Waals surface area contributed by atoms with Gasteiger partial charge < -0.3 is 0 Å². The van der Waals surface area contributed by atoms with E-state index in [1.165, 1.54) is 24.0 Å². The van der Waals surface area contributed by atoms with Crippen molar-refractivity contribution in [1.29, 1.82) is 0 Å². The van der Waals surface area contributed by atoms with Gasteiger partial charge in [-0.25, -0.2) is 12.7 Å². The molecule has 0 bridgehead atoms. The Hall–Kier alpha value is -0.870. The molecule has 0 spiro atoms. The van der Waals surface area contributed by atoms with Gasteiger partial charge in [-0.3, -0.25) is 0 Å². The van der Waals surface area contributed by atoms with E-state index in [2.05, 4.69) is 13.8 Å². The van der Waals surface area contributed by atoms with Crippen LogP contribution in [0.1, 0.15) is 46.6 Å². The van der Waals surface area contributed by atoms with Crippen LogP contribution in [-0.2, 0) is 10.0 Å². The first-order valence-corrected chi connectivity index (χ1v) is 6.86. The second-order valence-corrected chi connectivity index (χ2v) is 6.32. The maximum absolute atomic E-state index is 11.8. The lowest BCUT2D eigenvalue weighted by Gasteiger charge is -2.13. The lowest BCUT2D eigenvalue weighted by Crippen LogP contribution is -2.22. The molecule has 0 fully saturated rings. The minimum atomic E-state index is -3.29. The highest BCUT2D eigenvalue weighted by atomic mass is 32.2. The van der Waals surface area contributed by atoms with Crippen LogP contribution in [0.3, 0.4) is 0 Å². The van der Waals surface area contributed by atoms with Crippen LogP contribution in [0.15, 0.2) is 29.2 Å². The molecular formula is C14H27NO2S. The van der Waals surface area contributed by atoms with Crippen LogP contribution in [0.5, 0.6) is 0 Å². The molecule has 1 rings (SSSR count). The molecule has 0 saturated heterocycles. The Bertz CT molecular complexity index is 435. The van der Waals surface area contributed by atoms with Crippen molar-refractivity contribution in [2.45, 2.75) is 45.9 Å². The summed E-state index contributed by atoms with van der Waals surface area (Å²) in [4.78, 5) is 0.351. The minimum Gasteiger partial charge on any atom is -0.207 e. The molecule has 1 aromatic rings. The van der Waals surface area contributed by atoms with Gasteiger partial charge in [-0.1, -0.05) is 40.8 Å². The number of nitrogens with zero attached hydrogens (tertiary/aromatic N) is 1. The normalized spacial score (nSPS) is 12.5. The summed E-state index contributed by atoms with van der Waals surface area (Å²) < 4.78 is 24.8. The van der Waals surface area contributed by atoms with E-state index in [0.717, 1.165) is 6.42 Å². The first-order valence-electron chi connectivity index (χ1n) is 5.42. The zero-order valence-electron chi connectivity index (χ0n) is 10.3. The molecular weight excluding hydrogens is 246 g/mol. The maximum atomic E-state index is 11.8. The van der Waals surface area contributed by atoms with Gasteiger partial charge >= 0.3 is 0 Å². The highest BCUT2D eigenvalue weighted by Crippen LogP contribution is 2.21. The summed E-state index contributed by atoms with van der Waals surface area (Å²) >= 11 is 0. The molecule has 1 unspecified atom stereocenters. The average molecular weight is 273 g/mol. The van der Waals surface area contributed by atoms with E-state index in [0.29, 0.717) is 10.8 Å². The summed E-state index contributed by atoms with van der Waals surface area (Å²) in [5.74, 6) is 0.469. The lowest BCUT2D eigenvalue weighted by molar-refractivity contribution is 0.520. The van der Waals surface area contributed by atoms with Gasteiger partial charge in [0.25, 0.3) is 0 Å². The van der Waals surface area contributed by atoms with E-state index >= 15 is 0 Å². The summed E-state index contributed by atoms with van der Waals surface area (Å²) in [6, 6.07) is 7.14. The smallest absolute Gasteiger partial charge is 0.207 e. The molecule has 1 atom stereocenters. The third-order valence-electron chi connectivity index (χ3n) is 2.84. The molecule has 0 heterocycles. The topological polar surface area (TPSA) is 37.4 Å². The highest BCUT2D eigenvalue weighted by molar-refractivity contribution is 7.89. The van der Waals surface area contributed by atoms with Crippen molar-refractivity contribution in [2.75, 3.05) is 14.1 Å². The van der Waals surface area contributed by atoms with Crippen LogP contribution in [0.2, 0.25) is 0 Å². The lowest BCUT2D eigenvalue weighted by atomic mass is 9.99. The zero-order chi connectivity index (χ0) is 12.3. The van der Waals surface area contributed by atoms with Crippen LogP contribution in [0.4, 0.5) is 0 Å². The molecule has 0 radical (unpaired) electrons. The van der Waals surface area contributed by atoms with E-state index in [4.69, 9.17) is 0 Å². The SMILES string of the molecule is C.C.CCC(C)c1ccc(S(=O)(=O)N(C)C)cc1. The molecule has 0 saturated carbocycles. The van der Waals surface area contributed by atoms with Gasteiger partial charge in [0.2, 0.25) is 10.0 Å². The van der Waals surface area contributed by atoms with Gasteiger partial charge in [-0.05, 0) is 30.0 Å². The average Bonchev–Trinajstić information content (AvgIpc) is 2.28. The summed E-state index contributed by atoms with van der Waals surface area (Å²) in [5.41, 5.74) is 1.18. The maximum Gasteiger partial charge on any atom is 0.242 e. The van der Waals surface area contributed by atoms with Crippen molar-refractivity contribution in [2.24, 2.45) is 0 Å². The molecule has 0 aliphatic carbocycles. The van der Waals surface area contributed by atoms with E-state index < -0.39 is 10.0 Å². The zero-order valence-corrected chi connectivity index (χ0v) is 11.1. The molecule has 4 heteroatoms. The first-order chi connectivity index (χ1) is 7.39. The predicted octanol–water partition coefficient (Wildman–Crippen LogP) is 3.72. The Morgan fingerprint density at radius 2 is 1.56 bits per heavy atom. The largest absolute Gasteiger partial charge is 0.242 e. The van der Waals surface area contributed by atoms with Crippen LogP contribution < -0.4 is 0 Å². The number of hydrogen-bond donors (Lipinski definition) is 0. The summed E-state index contributed by atoms with van der Waals surface area (Å²) in [6.07, 6.45) is 1.06. The minimum absolute atomic E-state index is 0. The van der Waals surface area contributed by atoms with Crippen LogP contribution in [0, 0.1) is 0 Å². The van der Waals surface area contributed by atoms with Crippen molar-refractivity contribution in [3.63, 3.8) is 0 Å². The van der Waals surface area contributed by atoms with E-state index in [1.807, 2.05) is 12.1 Å². The first kappa shape index (κ1) is 19.5. The predicted molar refractivity (Wildman–Crippen MR) is 79.5 cm³/mol. The Morgan fingerprint density at radius 3 is 1.89 bits per heavy atom. The van der Waals surface area contributed by atoms with Gasteiger partial charge in [0.05, 0.1) is 4.90 Å². The van der Waals surface area contributed by atoms with Crippen LogP contribution in [-0.4, -0.2) is 26.8 Å².